The number of rotatable bonds is 5. The molecule has 0 aliphatic carbocycles. The average Bonchev–Trinajstić information content (AvgIpc) is 2.42. The maximum Gasteiger partial charge on any atom is 0.0451 e. The zero-order valence-electron chi connectivity index (χ0n) is 13.0. The molecule has 1 aliphatic rings. The normalized spacial score (nSPS) is 20.4. The second-order valence-electron chi connectivity index (χ2n) is 6.80. The standard InChI is InChI=1S/C17H27ClN2/c1-17(2,15-8-6-10-19-11-15)13-20(3)12-14-7-4-5-9-16(14)18/h4-5,7,9,15,19H,6,8,10-13H2,1-3H3. The number of piperidine rings is 1. The summed E-state index contributed by atoms with van der Waals surface area (Å²) in [5.74, 6) is 0.768. The molecule has 0 aromatic heterocycles. The quantitative estimate of drug-likeness (QED) is 0.889. The van der Waals surface area contributed by atoms with Gasteiger partial charge in [0.2, 0.25) is 0 Å². The molecule has 1 aromatic carbocycles. The smallest absolute Gasteiger partial charge is 0.0451 e. The SMILES string of the molecule is CN(Cc1ccccc1Cl)CC(C)(C)C1CCCNC1. The van der Waals surface area contributed by atoms with Crippen LogP contribution in [0.15, 0.2) is 24.3 Å². The van der Waals surface area contributed by atoms with Crippen molar-refractivity contribution in [3.63, 3.8) is 0 Å². The van der Waals surface area contributed by atoms with E-state index in [1.165, 1.54) is 24.9 Å². The van der Waals surface area contributed by atoms with Crippen LogP contribution in [0.4, 0.5) is 0 Å². The van der Waals surface area contributed by atoms with Crippen LogP contribution in [0, 0.1) is 11.3 Å². The lowest BCUT2D eigenvalue weighted by atomic mass is 9.74. The van der Waals surface area contributed by atoms with Gasteiger partial charge >= 0.3 is 0 Å². The molecule has 1 unspecified atom stereocenters. The van der Waals surface area contributed by atoms with Gasteiger partial charge in [-0.1, -0.05) is 43.6 Å². The molecule has 1 heterocycles. The van der Waals surface area contributed by atoms with E-state index in [-0.39, 0.29) is 0 Å². The van der Waals surface area contributed by atoms with Crippen molar-refractivity contribution in [1.82, 2.24) is 10.2 Å². The summed E-state index contributed by atoms with van der Waals surface area (Å²) < 4.78 is 0. The molecule has 20 heavy (non-hydrogen) atoms. The third kappa shape index (κ3) is 4.21. The highest BCUT2D eigenvalue weighted by atomic mass is 35.5. The highest BCUT2D eigenvalue weighted by Gasteiger charge is 2.31. The summed E-state index contributed by atoms with van der Waals surface area (Å²) in [6.07, 6.45) is 2.66. The van der Waals surface area contributed by atoms with Crippen LogP contribution in [0.1, 0.15) is 32.3 Å². The van der Waals surface area contributed by atoms with Crippen molar-refractivity contribution < 1.29 is 0 Å². The number of nitrogens with zero attached hydrogens (tertiary/aromatic N) is 1. The summed E-state index contributed by atoms with van der Waals surface area (Å²) in [7, 11) is 2.20. The highest BCUT2D eigenvalue weighted by Crippen LogP contribution is 2.32. The molecule has 1 fully saturated rings. The Bertz CT molecular complexity index is 425. The lowest BCUT2D eigenvalue weighted by Crippen LogP contribution is -2.43. The fourth-order valence-corrected chi connectivity index (χ4v) is 3.51. The second kappa shape index (κ2) is 6.93. The topological polar surface area (TPSA) is 15.3 Å². The number of benzene rings is 1. The van der Waals surface area contributed by atoms with Gasteiger partial charge in [0.15, 0.2) is 0 Å². The molecule has 1 aliphatic heterocycles. The molecular formula is C17H27ClN2. The van der Waals surface area contributed by atoms with Gasteiger partial charge in [0, 0.05) is 18.1 Å². The number of hydrogen-bond acceptors (Lipinski definition) is 2. The fraction of sp³-hybridized carbons (Fsp3) is 0.647. The zero-order chi connectivity index (χ0) is 14.6. The van der Waals surface area contributed by atoms with Crippen LogP contribution in [0.2, 0.25) is 5.02 Å². The van der Waals surface area contributed by atoms with E-state index in [0.717, 1.165) is 30.6 Å². The van der Waals surface area contributed by atoms with E-state index in [1.54, 1.807) is 0 Å². The van der Waals surface area contributed by atoms with E-state index in [4.69, 9.17) is 11.6 Å². The van der Waals surface area contributed by atoms with E-state index in [1.807, 2.05) is 12.1 Å². The van der Waals surface area contributed by atoms with Gasteiger partial charge in [0.1, 0.15) is 0 Å². The molecule has 0 spiro atoms. The van der Waals surface area contributed by atoms with E-state index in [9.17, 15) is 0 Å². The Morgan fingerprint density at radius 1 is 1.35 bits per heavy atom. The Morgan fingerprint density at radius 2 is 2.10 bits per heavy atom. The van der Waals surface area contributed by atoms with Crippen molar-refractivity contribution in [3.05, 3.63) is 34.9 Å². The second-order valence-corrected chi connectivity index (χ2v) is 7.20. The first kappa shape index (κ1) is 15.8. The van der Waals surface area contributed by atoms with Crippen molar-refractivity contribution in [2.45, 2.75) is 33.2 Å². The van der Waals surface area contributed by atoms with Crippen LogP contribution in [0.3, 0.4) is 0 Å². The van der Waals surface area contributed by atoms with Gasteiger partial charge in [-0.15, -0.1) is 0 Å². The number of nitrogens with one attached hydrogen (secondary N) is 1. The maximum atomic E-state index is 6.25. The van der Waals surface area contributed by atoms with E-state index < -0.39 is 0 Å². The number of halogens is 1. The van der Waals surface area contributed by atoms with Crippen LogP contribution in [0.25, 0.3) is 0 Å². The Labute approximate surface area is 128 Å². The van der Waals surface area contributed by atoms with Gasteiger partial charge in [-0.3, -0.25) is 0 Å². The highest BCUT2D eigenvalue weighted by molar-refractivity contribution is 6.31. The largest absolute Gasteiger partial charge is 0.316 e. The lowest BCUT2D eigenvalue weighted by Gasteiger charge is -2.40. The minimum Gasteiger partial charge on any atom is -0.316 e. The molecule has 1 saturated heterocycles. The number of hydrogen-bond donors (Lipinski definition) is 1. The third-order valence-corrected chi connectivity index (χ3v) is 4.85. The molecule has 0 bridgehead atoms. The molecule has 1 aromatic rings. The minimum atomic E-state index is 0.337. The fourth-order valence-electron chi connectivity index (χ4n) is 3.32. The molecule has 2 nitrogen and oxygen atoms in total. The molecular weight excluding hydrogens is 268 g/mol. The summed E-state index contributed by atoms with van der Waals surface area (Å²) in [5.41, 5.74) is 1.55. The summed E-state index contributed by atoms with van der Waals surface area (Å²) >= 11 is 6.25. The molecule has 0 amide bonds. The van der Waals surface area contributed by atoms with E-state index in [2.05, 4.69) is 43.2 Å². The van der Waals surface area contributed by atoms with Gasteiger partial charge in [-0.25, -0.2) is 0 Å². The summed E-state index contributed by atoms with van der Waals surface area (Å²) in [6, 6.07) is 8.14. The molecule has 1 N–H and O–H groups in total. The van der Waals surface area contributed by atoms with Crippen LogP contribution >= 0.6 is 11.6 Å². The first-order chi connectivity index (χ1) is 9.49. The Morgan fingerprint density at radius 3 is 2.75 bits per heavy atom. The zero-order valence-corrected chi connectivity index (χ0v) is 13.7. The van der Waals surface area contributed by atoms with Crippen molar-refractivity contribution >= 4 is 11.6 Å². The van der Waals surface area contributed by atoms with Crippen LogP contribution in [0.5, 0.6) is 0 Å². The van der Waals surface area contributed by atoms with Crippen molar-refractivity contribution in [2.24, 2.45) is 11.3 Å². The van der Waals surface area contributed by atoms with Crippen LogP contribution in [-0.2, 0) is 6.54 Å². The predicted octanol–water partition coefficient (Wildman–Crippen LogP) is 3.80. The van der Waals surface area contributed by atoms with Gasteiger partial charge < -0.3 is 10.2 Å². The van der Waals surface area contributed by atoms with Gasteiger partial charge in [-0.05, 0) is 55.9 Å². The van der Waals surface area contributed by atoms with Crippen LogP contribution in [-0.4, -0.2) is 31.6 Å². The predicted molar refractivity (Wildman–Crippen MR) is 87.2 cm³/mol. The first-order valence-electron chi connectivity index (χ1n) is 7.62. The van der Waals surface area contributed by atoms with Gasteiger partial charge in [0.05, 0.1) is 0 Å². The first-order valence-corrected chi connectivity index (χ1v) is 7.99. The van der Waals surface area contributed by atoms with Crippen molar-refractivity contribution in [2.75, 3.05) is 26.7 Å². The molecule has 1 atom stereocenters. The monoisotopic (exact) mass is 294 g/mol. The van der Waals surface area contributed by atoms with E-state index in [0.29, 0.717) is 5.41 Å². The Hall–Kier alpha value is -0.570. The maximum absolute atomic E-state index is 6.25. The molecule has 0 radical (unpaired) electrons. The summed E-state index contributed by atoms with van der Waals surface area (Å²) in [5, 5.41) is 4.41. The molecule has 0 saturated carbocycles. The average molecular weight is 295 g/mol. The minimum absolute atomic E-state index is 0.337. The Balaban J connectivity index is 1.93. The molecule has 3 heteroatoms. The third-order valence-electron chi connectivity index (χ3n) is 4.48. The van der Waals surface area contributed by atoms with Crippen molar-refractivity contribution in [3.8, 4) is 0 Å². The van der Waals surface area contributed by atoms with Crippen LogP contribution < -0.4 is 5.32 Å². The molecule has 112 valence electrons. The van der Waals surface area contributed by atoms with E-state index >= 15 is 0 Å². The summed E-state index contributed by atoms with van der Waals surface area (Å²) in [4.78, 5) is 2.40. The lowest BCUT2D eigenvalue weighted by molar-refractivity contribution is 0.111. The van der Waals surface area contributed by atoms with Gasteiger partial charge in [-0.2, -0.15) is 0 Å². The summed E-state index contributed by atoms with van der Waals surface area (Å²) in [6.45, 7) is 9.16. The molecule has 2 rings (SSSR count). The Kier molecular flexibility index (Phi) is 5.48. The van der Waals surface area contributed by atoms with Gasteiger partial charge in [0.25, 0.3) is 0 Å². The van der Waals surface area contributed by atoms with Crippen molar-refractivity contribution in [1.29, 1.82) is 0 Å².